The van der Waals surface area contributed by atoms with Crippen molar-refractivity contribution in [2.24, 2.45) is 17.8 Å². The van der Waals surface area contributed by atoms with Gasteiger partial charge in [0, 0.05) is 0 Å². The van der Waals surface area contributed by atoms with Crippen LogP contribution in [0.2, 0.25) is 25.7 Å². The van der Waals surface area contributed by atoms with Gasteiger partial charge in [-0.25, -0.2) is 0 Å². The van der Waals surface area contributed by atoms with Gasteiger partial charge >= 0.3 is 0 Å². The maximum atomic E-state index is 12.1. The van der Waals surface area contributed by atoms with Gasteiger partial charge in [-0.1, -0.05) is 31.8 Å². The van der Waals surface area contributed by atoms with E-state index in [1.54, 1.807) is 0 Å². The molecular formula is C12H22OSi2. The standard InChI is InChI=1S/C12H22OSi2/c1-15(2,3)14(13)7-6-12-9-10-4-5-11(12)8-10/h4-5,10-12H,6-9H2,1-3H3. The highest BCUT2D eigenvalue weighted by Gasteiger charge is 2.36. The van der Waals surface area contributed by atoms with E-state index in [4.69, 9.17) is 0 Å². The average molecular weight is 238 g/mol. The molecule has 0 aromatic rings. The van der Waals surface area contributed by atoms with Gasteiger partial charge in [-0.2, -0.15) is 0 Å². The quantitative estimate of drug-likeness (QED) is 0.542. The van der Waals surface area contributed by atoms with Gasteiger partial charge in [0.05, 0.1) is 0 Å². The molecule has 2 aliphatic carbocycles. The molecule has 0 aromatic carbocycles. The van der Waals surface area contributed by atoms with Gasteiger partial charge in [-0.05, 0) is 43.1 Å². The summed E-state index contributed by atoms with van der Waals surface area (Å²) in [4.78, 5) is 0. The molecule has 3 unspecified atom stereocenters. The highest BCUT2D eigenvalue weighted by Crippen LogP contribution is 2.45. The summed E-state index contributed by atoms with van der Waals surface area (Å²) in [7, 11) is -2.57. The molecular weight excluding hydrogens is 216 g/mol. The molecule has 0 amide bonds. The SMILES string of the molecule is C[Si](C)(C)[Si](=O)CCC1CC2C=CC1C2. The summed E-state index contributed by atoms with van der Waals surface area (Å²) >= 11 is 0. The number of rotatable bonds is 4. The molecule has 0 N–H and O–H groups in total. The molecule has 1 nitrogen and oxygen atoms in total. The van der Waals surface area contributed by atoms with Gasteiger partial charge < -0.3 is 4.46 Å². The predicted molar refractivity (Wildman–Crippen MR) is 68.1 cm³/mol. The molecule has 0 aromatic heterocycles. The van der Waals surface area contributed by atoms with Crippen LogP contribution in [0.4, 0.5) is 0 Å². The second-order valence-corrected chi connectivity index (χ2v) is 18.3. The van der Waals surface area contributed by atoms with Crippen LogP contribution in [0, 0.1) is 17.8 Å². The van der Waals surface area contributed by atoms with Gasteiger partial charge in [0.2, 0.25) is 0 Å². The molecule has 0 heterocycles. The molecule has 2 rings (SSSR count). The number of allylic oxidation sites excluding steroid dienone is 2. The van der Waals surface area contributed by atoms with E-state index >= 15 is 0 Å². The Morgan fingerprint density at radius 3 is 2.47 bits per heavy atom. The predicted octanol–water partition coefficient (Wildman–Crippen LogP) is 3.43. The average Bonchev–Trinajstić information content (AvgIpc) is 2.73. The highest BCUT2D eigenvalue weighted by molar-refractivity contribution is 7.25. The van der Waals surface area contributed by atoms with Crippen molar-refractivity contribution in [1.82, 2.24) is 0 Å². The lowest BCUT2D eigenvalue weighted by Gasteiger charge is -2.19. The van der Waals surface area contributed by atoms with Crippen molar-refractivity contribution < 1.29 is 4.46 Å². The Labute approximate surface area is 95.4 Å². The van der Waals surface area contributed by atoms with Crippen molar-refractivity contribution in [2.75, 3.05) is 0 Å². The zero-order chi connectivity index (χ0) is 11.1. The van der Waals surface area contributed by atoms with E-state index in [-0.39, 0.29) is 0 Å². The summed E-state index contributed by atoms with van der Waals surface area (Å²) in [5, 5.41) is 0. The molecule has 2 bridgehead atoms. The molecule has 15 heavy (non-hydrogen) atoms. The van der Waals surface area contributed by atoms with Crippen molar-refractivity contribution in [2.45, 2.75) is 44.9 Å². The smallest absolute Gasteiger partial charge is 0.255 e. The molecule has 2 aliphatic rings. The minimum absolute atomic E-state index is 0.839. The Morgan fingerprint density at radius 2 is 2.00 bits per heavy atom. The van der Waals surface area contributed by atoms with E-state index in [1.807, 2.05) is 0 Å². The molecule has 84 valence electrons. The van der Waals surface area contributed by atoms with Crippen LogP contribution in [-0.2, 0) is 4.46 Å². The second-order valence-electron chi connectivity index (χ2n) is 6.25. The fraction of sp³-hybridized carbons (Fsp3) is 0.833. The molecule has 0 radical (unpaired) electrons. The van der Waals surface area contributed by atoms with Crippen molar-refractivity contribution in [1.29, 1.82) is 0 Å². The first-order chi connectivity index (χ1) is 6.97. The van der Waals surface area contributed by atoms with Crippen molar-refractivity contribution in [3.8, 4) is 0 Å². The minimum atomic E-state index is -1.33. The number of fused-ring (bicyclic) bond motifs is 2. The molecule has 0 aliphatic heterocycles. The first-order valence-electron chi connectivity index (χ1n) is 6.18. The van der Waals surface area contributed by atoms with Crippen LogP contribution in [0.15, 0.2) is 12.2 Å². The van der Waals surface area contributed by atoms with Crippen molar-refractivity contribution >= 4 is 15.8 Å². The fourth-order valence-corrected chi connectivity index (χ4v) is 6.98. The van der Waals surface area contributed by atoms with E-state index in [0.717, 1.165) is 23.8 Å². The zero-order valence-electron chi connectivity index (χ0n) is 10.1. The van der Waals surface area contributed by atoms with Crippen LogP contribution in [0.1, 0.15) is 19.3 Å². The van der Waals surface area contributed by atoms with Crippen LogP contribution in [0.25, 0.3) is 0 Å². The molecule has 1 fully saturated rings. The lowest BCUT2D eigenvalue weighted by molar-refractivity contribution is 0.429. The fourth-order valence-electron chi connectivity index (χ4n) is 2.92. The van der Waals surface area contributed by atoms with Crippen LogP contribution in [-0.4, -0.2) is 15.8 Å². The third-order valence-electron chi connectivity index (χ3n) is 4.00. The first-order valence-corrected chi connectivity index (χ1v) is 12.3. The monoisotopic (exact) mass is 238 g/mol. The molecule has 3 atom stereocenters. The highest BCUT2D eigenvalue weighted by atomic mass is 29.2. The number of hydrogen-bond acceptors (Lipinski definition) is 1. The Hall–Kier alpha value is -0.0262. The minimum Gasteiger partial charge on any atom is -0.393 e. The van der Waals surface area contributed by atoms with E-state index < -0.39 is 15.8 Å². The maximum Gasteiger partial charge on any atom is 0.255 e. The summed E-state index contributed by atoms with van der Waals surface area (Å²) in [6.07, 6.45) is 8.79. The Bertz CT molecular complexity index is 290. The van der Waals surface area contributed by atoms with Crippen LogP contribution in [0.5, 0.6) is 0 Å². The first kappa shape index (κ1) is 11.5. The molecule has 3 heteroatoms. The second kappa shape index (κ2) is 4.09. The van der Waals surface area contributed by atoms with Crippen molar-refractivity contribution in [3.63, 3.8) is 0 Å². The van der Waals surface area contributed by atoms with Crippen LogP contribution in [0.3, 0.4) is 0 Å². The van der Waals surface area contributed by atoms with E-state index in [2.05, 4.69) is 31.8 Å². The Balaban J connectivity index is 1.80. The van der Waals surface area contributed by atoms with Gasteiger partial charge in [-0.15, -0.1) is 0 Å². The van der Waals surface area contributed by atoms with E-state index in [9.17, 15) is 4.46 Å². The van der Waals surface area contributed by atoms with Gasteiger partial charge in [0.1, 0.15) is 7.59 Å². The molecule has 1 saturated carbocycles. The number of hydrogen-bond donors (Lipinski definition) is 0. The van der Waals surface area contributed by atoms with E-state index in [0.29, 0.717) is 0 Å². The third kappa shape index (κ3) is 2.56. The molecule has 0 saturated heterocycles. The lowest BCUT2D eigenvalue weighted by Crippen LogP contribution is -2.35. The summed E-state index contributed by atoms with van der Waals surface area (Å²) in [6, 6.07) is 1.03. The summed E-state index contributed by atoms with van der Waals surface area (Å²) < 4.78 is 12.1. The zero-order valence-corrected chi connectivity index (χ0v) is 12.1. The topological polar surface area (TPSA) is 17.1 Å². The summed E-state index contributed by atoms with van der Waals surface area (Å²) in [5.74, 6) is 2.57. The van der Waals surface area contributed by atoms with Gasteiger partial charge in [-0.3, -0.25) is 0 Å². The third-order valence-corrected chi connectivity index (χ3v) is 12.2. The Morgan fingerprint density at radius 1 is 1.27 bits per heavy atom. The normalized spacial score (nSPS) is 33.7. The van der Waals surface area contributed by atoms with Crippen LogP contribution < -0.4 is 0 Å². The summed E-state index contributed by atoms with van der Waals surface area (Å²) in [5.41, 5.74) is 0. The van der Waals surface area contributed by atoms with Crippen LogP contribution >= 0.6 is 0 Å². The van der Waals surface area contributed by atoms with Gasteiger partial charge in [0.25, 0.3) is 8.20 Å². The summed E-state index contributed by atoms with van der Waals surface area (Å²) in [6.45, 7) is 6.74. The largest absolute Gasteiger partial charge is 0.393 e. The Kier molecular flexibility index (Phi) is 3.13. The van der Waals surface area contributed by atoms with E-state index in [1.165, 1.54) is 19.3 Å². The molecule has 0 spiro atoms. The lowest BCUT2D eigenvalue weighted by atomic mass is 9.91. The van der Waals surface area contributed by atoms with Crippen molar-refractivity contribution in [3.05, 3.63) is 12.2 Å². The maximum absolute atomic E-state index is 12.1. The van der Waals surface area contributed by atoms with Gasteiger partial charge in [0.15, 0.2) is 0 Å².